The number of rotatable bonds is 6. The van der Waals surface area contributed by atoms with E-state index in [1.54, 1.807) is 12.1 Å². The number of aromatic nitrogens is 1. The molecule has 0 saturated heterocycles. The number of H-pyrrole nitrogens is 1. The van der Waals surface area contributed by atoms with Crippen LogP contribution in [0.2, 0.25) is 0 Å². The van der Waals surface area contributed by atoms with E-state index in [1.165, 1.54) is 0 Å². The van der Waals surface area contributed by atoms with Crippen molar-refractivity contribution in [1.29, 1.82) is 0 Å². The molecule has 2 aliphatic rings. The summed E-state index contributed by atoms with van der Waals surface area (Å²) in [5.41, 5.74) is 3.13. The van der Waals surface area contributed by atoms with Gasteiger partial charge < -0.3 is 29.8 Å². The van der Waals surface area contributed by atoms with Crippen LogP contribution in [0.4, 0.5) is 4.79 Å². The van der Waals surface area contributed by atoms with Crippen LogP contribution >= 0.6 is 0 Å². The first-order chi connectivity index (χ1) is 18.7. The van der Waals surface area contributed by atoms with Gasteiger partial charge >= 0.3 is 6.09 Å². The number of ether oxygens (including phenoxy) is 3. The molecular weight excluding hydrogens is 510 g/mol. The van der Waals surface area contributed by atoms with Gasteiger partial charge in [0.2, 0.25) is 0 Å². The molecule has 2 aromatic rings. The number of aryl methyl sites for hydroxylation is 2. The summed E-state index contributed by atoms with van der Waals surface area (Å²) in [5, 5.41) is 5.86. The lowest BCUT2D eigenvalue weighted by Gasteiger charge is -2.37. The van der Waals surface area contributed by atoms with Crippen molar-refractivity contribution in [3.63, 3.8) is 0 Å². The number of carbonyl (C=O) groups is 2. The summed E-state index contributed by atoms with van der Waals surface area (Å²) in [5.74, 6) is -0.0333. The molecular formula is C31H41N3O6. The molecule has 1 aromatic carbocycles. The van der Waals surface area contributed by atoms with E-state index < -0.39 is 17.5 Å². The molecule has 1 atom stereocenters. The molecule has 1 aliphatic heterocycles. The number of amides is 2. The number of alkyl carbamates (subject to hydrolysis) is 1. The number of aromatic amines is 1. The van der Waals surface area contributed by atoms with Crippen molar-refractivity contribution in [3.8, 4) is 11.5 Å². The first-order valence-corrected chi connectivity index (χ1v) is 13.9. The van der Waals surface area contributed by atoms with E-state index >= 15 is 0 Å². The Morgan fingerprint density at radius 1 is 1.12 bits per heavy atom. The Morgan fingerprint density at radius 3 is 2.38 bits per heavy atom. The van der Waals surface area contributed by atoms with E-state index in [0.717, 1.165) is 36.9 Å². The normalized spacial score (nSPS) is 22.0. The molecule has 3 N–H and O–H groups in total. The van der Waals surface area contributed by atoms with Gasteiger partial charge in [-0.05, 0) is 84.9 Å². The van der Waals surface area contributed by atoms with E-state index in [1.807, 2.05) is 54.5 Å². The molecule has 0 bridgehead atoms. The summed E-state index contributed by atoms with van der Waals surface area (Å²) in [6, 6.07) is 3.66. The molecule has 1 aromatic heterocycles. The Hall–Kier alpha value is -3.75. The van der Waals surface area contributed by atoms with Gasteiger partial charge in [-0.15, -0.1) is 0 Å². The average molecular weight is 552 g/mol. The number of hydrogen-bond acceptors (Lipinski definition) is 6. The molecule has 1 saturated carbocycles. The van der Waals surface area contributed by atoms with Gasteiger partial charge in [-0.25, -0.2) is 4.79 Å². The molecule has 4 rings (SSSR count). The third-order valence-corrected chi connectivity index (χ3v) is 7.70. The van der Waals surface area contributed by atoms with Crippen LogP contribution < -0.4 is 25.7 Å². The predicted molar refractivity (Wildman–Crippen MR) is 154 cm³/mol. The minimum atomic E-state index is -0.914. The lowest BCUT2D eigenvalue weighted by atomic mass is 9.81. The van der Waals surface area contributed by atoms with Crippen LogP contribution in [0.25, 0.3) is 6.08 Å². The molecule has 9 nitrogen and oxygen atoms in total. The molecule has 9 heteroatoms. The van der Waals surface area contributed by atoms with E-state index in [0.29, 0.717) is 33.8 Å². The van der Waals surface area contributed by atoms with Crippen molar-refractivity contribution < 1.29 is 23.8 Å². The number of pyridine rings is 1. The summed E-state index contributed by atoms with van der Waals surface area (Å²) in [4.78, 5) is 40.7. The van der Waals surface area contributed by atoms with Gasteiger partial charge in [-0.3, -0.25) is 9.59 Å². The molecule has 1 aliphatic carbocycles. The van der Waals surface area contributed by atoms with Crippen molar-refractivity contribution in [2.24, 2.45) is 5.92 Å². The van der Waals surface area contributed by atoms with Crippen LogP contribution in [0.5, 0.6) is 11.5 Å². The molecule has 1 fully saturated rings. The zero-order valence-electron chi connectivity index (χ0n) is 24.6. The van der Waals surface area contributed by atoms with E-state index in [9.17, 15) is 14.4 Å². The summed E-state index contributed by atoms with van der Waals surface area (Å²) in [7, 11) is 0. The smallest absolute Gasteiger partial charge is 0.407 e. The lowest BCUT2D eigenvalue weighted by Crippen LogP contribution is -2.48. The van der Waals surface area contributed by atoms with Crippen LogP contribution in [-0.4, -0.2) is 34.4 Å². The fourth-order valence-electron chi connectivity index (χ4n) is 5.56. The monoisotopic (exact) mass is 551 g/mol. The quantitative estimate of drug-likeness (QED) is 0.440. The van der Waals surface area contributed by atoms with Gasteiger partial charge in [0.05, 0.1) is 0 Å². The highest BCUT2D eigenvalue weighted by Crippen LogP contribution is 2.50. The first kappa shape index (κ1) is 29.2. The largest absolute Gasteiger partial charge is 0.448 e. The van der Waals surface area contributed by atoms with Crippen molar-refractivity contribution in [2.45, 2.75) is 98.1 Å². The van der Waals surface area contributed by atoms with Crippen molar-refractivity contribution in [1.82, 2.24) is 15.6 Å². The zero-order chi connectivity index (χ0) is 29.4. The van der Waals surface area contributed by atoms with Gasteiger partial charge in [0.25, 0.3) is 17.3 Å². The van der Waals surface area contributed by atoms with Crippen LogP contribution in [0, 0.1) is 26.7 Å². The Morgan fingerprint density at radius 2 is 1.77 bits per heavy atom. The maximum absolute atomic E-state index is 13.3. The highest BCUT2D eigenvalue weighted by molar-refractivity contribution is 5.97. The van der Waals surface area contributed by atoms with Gasteiger partial charge in [0.15, 0.2) is 11.5 Å². The third-order valence-electron chi connectivity index (χ3n) is 7.70. The molecule has 1 unspecified atom stereocenters. The van der Waals surface area contributed by atoms with Gasteiger partial charge in [0.1, 0.15) is 5.60 Å². The Balaban J connectivity index is 1.46. The minimum Gasteiger partial charge on any atom is -0.448 e. The molecule has 216 valence electrons. The fraction of sp³-hybridized carbons (Fsp3) is 0.516. The van der Waals surface area contributed by atoms with E-state index in [-0.39, 0.29) is 30.0 Å². The standard InChI is InChI=1S/C31H41N3O6/c1-9-20-15-23(27(35)32-16-24-17(2)14-18(3)33-28(24)36)19(4)25-26(20)39-31(8,38-25)21-10-12-22(13-11-21)34-29(37)40-30(5,6)7/h9,14-15,21-22H,1,10-13,16H2,2-8H3,(H,32,35)(H,33,36)(H,34,37)/t21-,22-,31?. The second-order valence-corrected chi connectivity index (χ2v) is 12.0. The Bertz CT molecular complexity index is 1380. The number of nitrogens with one attached hydrogen (secondary N) is 3. The van der Waals surface area contributed by atoms with E-state index in [4.69, 9.17) is 14.2 Å². The predicted octanol–water partition coefficient (Wildman–Crippen LogP) is 5.44. The second-order valence-electron chi connectivity index (χ2n) is 12.0. The topological polar surface area (TPSA) is 119 Å². The van der Waals surface area contributed by atoms with Crippen LogP contribution in [0.1, 0.15) is 91.7 Å². The Kier molecular flexibility index (Phi) is 8.06. The molecule has 40 heavy (non-hydrogen) atoms. The first-order valence-electron chi connectivity index (χ1n) is 13.9. The summed E-state index contributed by atoms with van der Waals surface area (Å²) < 4.78 is 18.3. The van der Waals surface area contributed by atoms with Gasteiger partial charge in [-0.2, -0.15) is 0 Å². The zero-order valence-corrected chi connectivity index (χ0v) is 24.6. The third kappa shape index (κ3) is 6.18. The van der Waals surface area contributed by atoms with Crippen LogP contribution in [0.3, 0.4) is 0 Å². The van der Waals surface area contributed by atoms with Crippen molar-refractivity contribution >= 4 is 18.1 Å². The second kappa shape index (κ2) is 11.0. The van der Waals surface area contributed by atoms with Crippen molar-refractivity contribution in [3.05, 3.63) is 62.6 Å². The SMILES string of the molecule is C=Cc1cc(C(=O)NCc2c(C)cc(C)[nH]c2=O)c(C)c2c1OC(C)([C@H]1CC[C@H](NC(=O)OC(C)(C)C)CC1)O2. The Labute approximate surface area is 235 Å². The highest BCUT2D eigenvalue weighted by Gasteiger charge is 2.47. The molecule has 2 heterocycles. The number of hydrogen-bond donors (Lipinski definition) is 3. The summed E-state index contributed by atoms with van der Waals surface area (Å²) in [6.45, 7) is 17.0. The molecule has 0 spiro atoms. The van der Waals surface area contributed by atoms with E-state index in [2.05, 4.69) is 22.2 Å². The maximum Gasteiger partial charge on any atom is 0.407 e. The summed E-state index contributed by atoms with van der Waals surface area (Å²) in [6.07, 6.45) is 4.40. The number of fused-ring (bicyclic) bond motifs is 1. The minimum absolute atomic E-state index is 0.0312. The summed E-state index contributed by atoms with van der Waals surface area (Å²) >= 11 is 0. The fourth-order valence-corrected chi connectivity index (χ4v) is 5.56. The van der Waals surface area contributed by atoms with Gasteiger partial charge in [0, 0.05) is 53.4 Å². The lowest BCUT2D eigenvalue weighted by molar-refractivity contribution is -0.121. The van der Waals surface area contributed by atoms with Gasteiger partial charge in [-0.1, -0.05) is 12.7 Å². The number of benzene rings is 1. The number of carbonyl (C=O) groups excluding carboxylic acids is 2. The maximum atomic E-state index is 13.3. The van der Waals surface area contributed by atoms with Crippen LogP contribution in [0.15, 0.2) is 23.5 Å². The average Bonchev–Trinajstić information content (AvgIpc) is 3.22. The van der Waals surface area contributed by atoms with Crippen molar-refractivity contribution in [2.75, 3.05) is 0 Å². The molecule has 2 amide bonds. The highest BCUT2D eigenvalue weighted by atomic mass is 16.7. The molecule has 0 radical (unpaired) electrons. The van der Waals surface area contributed by atoms with Crippen LogP contribution in [-0.2, 0) is 11.3 Å².